The van der Waals surface area contributed by atoms with Gasteiger partial charge in [-0.1, -0.05) is 36.4 Å². The van der Waals surface area contributed by atoms with Crippen molar-refractivity contribution in [2.45, 2.75) is 32.1 Å². The largest absolute Gasteiger partial charge is 0.342 e. The number of amides is 1. The highest BCUT2D eigenvalue weighted by Gasteiger charge is 2.22. The second-order valence-corrected chi connectivity index (χ2v) is 5.37. The van der Waals surface area contributed by atoms with E-state index in [1.165, 1.54) is 18.4 Å². The summed E-state index contributed by atoms with van der Waals surface area (Å²) >= 11 is 0. The quantitative estimate of drug-likeness (QED) is 0.740. The van der Waals surface area contributed by atoms with E-state index in [0.29, 0.717) is 12.3 Å². The monoisotopic (exact) mass is 257 g/mol. The average Bonchev–Trinajstić information content (AvgIpc) is 2.47. The molecule has 0 radical (unpaired) electrons. The molecule has 0 N–H and O–H groups in total. The molecule has 1 saturated heterocycles. The lowest BCUT2D eigenvalue weighted by Crippen LogP contribution is -2.39. The molecule has 0 saturated carbocycles. The van der Waals surface area contributed by atoms with Gasteiger partial charge >= 0.3 is 0 Å². The third kappa shape index (κ3) is 4.23. The lowest BCUT2D eigenvalue weighted by atomic mass is 9.91. The van der Waals surface area contributed by atoms with Gasteiger partial charge in [-0.3, -0.25) is 4.79 Å². The van der Waals surface area contributed by atoms with Crippen LogP contribution in [0.15, 0.2) is 43.0 Å². The Morgan fingerprint density at radius 2 is 2.16 bits per heavy atom. The van der Waals surface area contributed by atoms with Crippen molar-refractivity contribution in [3.8, 4) is 0 Å². The number of aryl methyl sites for hydroxylation is 1. The van der Waals surface area contributed by atoms with Crippen molar-refractivity contribution >= 4 is 5.91 Å². The van der Waals surface area contributed by atoms with Gasteiger partial charge in [-0.25, -0.2) is 0 Å². The van der Waals surface area contributed by atoms with Crippen molar-refractivity contribution in [3.63, 3.8) is 0 Å². The van der Waals surface area contributed by atoms with Crippen molar-refractivity contribution in [2.24, 2.45) is 5.92 Å². The van der Waals surface area contributed by atoms with E-state index in [1.54, 1.807) is 6.08 Å². The van der Waals surface area contributed by atoms with Crippen molar-refractivity contribution in [2.75, 3.05) is 13.1 Å². The number of rotatable bonds is 5. The van der Waals surface area contributed by atoms with Crippen LogP contribution in [0.2, 0.25) is 0 Å². The third-order valence-corrected chi connectivity index (χ3v) is 3.87. The van der Waals surface area contributed by atoms with E-state index in [1.807, 2.05) is 4.90 Å². The minimum absolute atomic E-state index is 0.236. The fraction of sp³-hybridized carbons (Fsp3) is 0.471. The number of nitrogens with zero attached hydrogens (tertiary/aromatic N) is 1. The summed E-state index contributed by atoms with van der Waals surface area (Å²) in [4.78, 5) is 13.9. The number of carbonyl (C=O) groups is 1. The molecule has 1 aliphatic heterocycles. The Morgan fingerprint density at radius 1 is 1.37 bits per heavy atom. The van der Waals surface area contributed by atoms with Crippen LogP contribution in [0, 0.1) is 5.92 Å². The molecule has 2 rings (SSSR count). The summed E-state index contributed by atoms with van der Waals surface area (Å²) in [7, 11) is 0. The maximum atomic E-state index is 11.9. The second-order valence-electron chi connectivity index (χ2n) is 5.37. The van der Waals surface area contributed by atoms with Gasteiger partial charge in [0.1, 0.15) is 0 Å². The number of benzene rings is 1. The van der Waals surface area contributed by atoms with Crippen molar-refractivity contribution in [1.29, 1.82) is 0 Å². The minimum Gasteiger partial charge on any atom is -0.342 e. The molecule has 1 fully saturated rings. The molecular formula is C17H23NO. The molecule has 1 atom stereocenters. The smallest absolute Gasteiger partial charge is 0.226 e. The Morgan fingerprint density at radius 3 is 2.89 bits per heavy atom. The zero-order chi connectivity index (χ0) is 13.5. The minimum atomic E-state index is 0.236. The second kappa shape index (κ2) is 7.13. The molecule has 1 amide bonds. The van der Waals surface area contributed by atoms with Gasteiger partial charge in [-0.05, 0) is 37.2 Å². The van der Waals surface area contributed by atoms with E-state index in [-0.39, 0.29) is 5.91 Å². The molecule has 1 heterocycles. The Hall–Kier alpha value is -1.57. The van der Waals surface area contributed by atoms with Crippen LogP contribution in [0.25, 0.3) is 0 Å². The van der Waals surface area contributed by atoms with Crippen molar-refractivity contribution in [3.05, 3.63) is 48.6 Å². The molecule has 1 aromatic rings. The highest BCUT2D eigenvalue weighted by molar-refractivity contribution is 5.77. The normalized spacial score (nSPS) is 19.2. The topological polar surface area (TPSA) is 20.3 Å². The number of piperidine rings is 1. The SMILES string of the molecule is C=CCC(=O)N1CCCC(CCc2ccccc2)C1. The van der Waals surface area contributed by atoms with E-state index in [0.717, 1.165) is 25.9 Å². The van der Waals surface area contributed by atoms with Crippen LogP contribution >= 0.6 is 0 Å². The van der Waals surface area contributed by atoms with Crippen LogP contribution in [0.5, 0.6) is 0 Å². The third-order valence-electron chi connectivity index (χ3n) is 3.87. The van der Waals surface area contributed by atoms with Gasteiger partial charge in [-0.2, -0.15) is 0 Å². The van der Waals surface area contributed by atoms with Crippen LogP contribution < -0.4 is 0 Å². The first-order valence-electron chi connectivity index (χ1n) is 7.22. The zero-order valence-electron chi connectivity index (χ0n) is 11.6. The van der Waals surface area contributed by atoms with Gasteiger partial charge in [0.25, 0.3) is 0 Å². The highest BCUT2D eigenvalue weighted by Crippen LogP contribution is 2.22. The van der Waals surface area contributed by atoms with E-state index < -0.39 is 0 Å². The van der Waals surface area contributed by atoms with Gasteiger partial charge in [0, 0.05) is 19.5 Å². The van der Waals surface area contributed by atoms with Gasteiger partial charge in [0.15, 0.2) is 0 Å². The Labute approximate surface area is 116 Å². The summed E-state index contributed by atoms with van der Waals surface area (Å²) < 4.78 is 0. The maximum absolute atomic E-state index is 11.9. The van der Waals surface area contributed by atoms with Gasteiger partial charge in [0.05, 0.1) is 0 Å². The van der Waals surface area contributed by atoms with Crippen LogP contribution in [-0.4, -0.2) is 23.9 Å². The zero-order valence-corrected chi connectivity index (χ0v) is 11.6. The molecule has 1 unspecified atom stereocenters. The fourth-order valence-electron chi connectivity index (χ4n) is 2.80. The first kappa shape index (κ1) is 13.9. The molecule has 102 valence electrons. The first-order valence-corrected chi connectivity index (χ1v) is 7.22. The molecule has 0 spiro atoms. The summed E-state index contributed by atoms with van der Waals surface area (Å²) in [6.07, 6.45) is 6.88. The van der Waals surface area contributed by atoms with Gasteiger partial charge in [0.2, 0.25) is 5.91 Å². The van der Waals surface area contributed by atoms with Crippen molar-refractivity contribution in [1.82, 2.24) is 4.90 Å². The van der Waals surface area contributed by atoms with Crippen LogP contribution in [0.3, 0.4) is 0 Å². The fourth-order valence-corrected chi connectivity index (χ4v) is 2.80. The van der Waals surface area contributed by atoms with Gasteiger partial charge in [-0.15, -0.1) is 6.58 Å². The molecule has 0 bridgehead atoms. The average molecular weight is 257 g/mol. The number of carbonyl (C=O) groups excluding carboxylic acids is 1. The molecule has 1 aromatic carbocycles. The highest BCUT2D eigenvalue weighted by atomic mass is 16.2. The Kier molecular flexibility index (Phi) is 5.20. The molecule has 2 nitrogen and oxygen atoms in total. The molecule has 2 heteroatoms. The van der Waals surface area contributed by atoms with Crippen LogP contribution in [-0.2, 0) is 11.2 Å². The predicted octanol–water partition coefficient (Wildman–Crippen LogP) is 3.43. The summed E-state index contributed by atoms with van der Waals surface area (Å²) in [5.74, 6) is 0.891. The number of hydrogen-bond donors (Lipinski definition) is 0. The molecular weight excluding hydrogens is 234 g/mol. The van der Waals surface area contributed by atoms with Gasteiger partial charge < -0.3 is 4.90 Å². The lowest BCUT2D eigenvalue weighted by Gasteiger charge is -2.32. The predicted molar refractivity (Wildman–Crippen MR) is 78.9 cm³/mol. The molecule has 0 aromatic heterocycles. The number of likely N-dealkylation sites (tertiary alicyclic amines) is 1. The molecule has 0 aliphatic carbocycles. The molecule has 1 aliphatic rings. The first-order chi connectivity index (χ1) is 9.29. The summed E-state index contributed by atoms with van der Waals surface area (Å²) in [5, 5.41) is 0. The van der Waals surface area contributed by atoms with E-state index in [9.17, 15) is 4.79 Å². The summed E-state index contributed by atoms with van der Waals surface area (Å²) in [6, 6.07) is 10.6. The van der Waals surface area contributed by atoms with Crippen LogP contribution in [0.1, 0.15) is 31.2 Å². The Bertz CT molecular complexity index is 413. The van der Waals surface area contributed by atoms with E-state index >= 15 is 0 Å². The standard InChI is InChI=1S/C17H23NO/c1-2-7-17(19)18-13-6-10-16(14-18)12-11-15-8-4-3-5-9-15/h2-5,8-9,16H,1,6-7,10-14H2. The summed E-state index contributed by atoms with van der Waals surface area (Å²) in [5.41, 5.74) is 1.40. The number of hydrogen-bond acceptors (Lipinski definition) is 1. The van der Waals surface area contributed by atoms with E-state index in [2.05, 4.69) is 36.9 Å². The lowest BCUT2D eigenvalue weighted by molar-refractivity contribution is -0.132. The van der Waals surface area contributed by atoms with Crippen LogP contribution in [0.4, 0.5) is 0 Å². The van der Waals surface area contributed by atoms with Crippen molar-refractivity contribution < 1.29 is 4.79 Å². The molecule has 19 heavy (non-hydrogen) atoms. The maximum Gasteiger partial charge on any atom is 0.226 e. The van der Waals surface area contributed by atoms with E-state index in [4.69, 9.17) is 0 Å². The Balaban J connectivity index is 1.81. The summed E-state index contributed by atoms with van der Waals surface area (Å²) in [6.45, 7) is 5.50.